The minimum atomic E-state index is -0.0353. The molecule has 0 aromatic carbocycles. The zero-order chi connectivity index (χ0) is 14.6. The molecule has 1 amide bonds. The normalized spacial score (nSPS) is 20.3. The number of nitrogens with zero attached hydrogens (tertiary/aromatic N) is 2. The van der Waals surface area contributed by atoms with Crippen LogP contribution >= 0.6 is 0 Å². The molecule has 0 bridgehead atoms. The van der Waals surface area contributed by atoms with Crippen molar-refractivity contribution in [3.63, 3.8) is 0 Å². The van der Waals surface area contributed by atoms with Gasteiger partial charge in [-0.3, -0.25) is 4.79 Å². The van der Waals surface area contributed by atoms with Gasteiger partial charge in [0.1, 0.15) is 0 Å². The average molecular weight is 266 g/mol. The lowest BCUT2D eigenvalue weighted by Gasteiger charge is -2.32. The summed E-state index contributed by atoms with van der Waals surface area (Å²) < 4.78 is 0. The Morgan fingerprint density at radius 3 is 2.53 bits per heavy atom. The predicted octanol–water partition coefficient (Wildman–Crippen LogP) is 2.92. The van der Waals surface area contributed by atoms with Crippen molar-refractivity contribution >= 4 is 5.91 Å². The molecule has 0 aromatic rings. The van der Waals surface area contributed by atoms with Crippen molar-refractivity contribution < 1.29 is 4.79 Å². The summed E-state index contributed by atoms with van der Waals surface area (Å²) in [6.07, 6.45) is 4.09. The van der Waals surface area contributed by atoms with Crippen molar-refractivity contribution in [2.24, 2.45) is 5.92 Å². The molecule has 1 aliphatic rings. The molecule has 110 valence electrons. The minimum absolute atomic E-state index is 0.0353. The van der Waals surface area contributed by atoms with Crippen molar-refractivity contribution in [1.82, 2.24) is 9.80 Å². The summed E-state index contributed by atoms with van der Waals surface area (Å²) in [6.45, 7) is 13.6. The van der Waals surface area contributed by atoms with Gasteiger partial charge in [0.2, 0.25) is 5.91 Å². The van der Waals surface area contributed by atoms with Gasteiger partial charge < -0.3 is 9.80 Å². The zero-order valence-corrected chi connectivity index (χ0v) is 13.5. The van der Waals surface area contributed by atoms with E-state index < -0.39 is 0 Å². The van der Waals surface area contributed by atoms with Crippen LogP contribution < -0.4 is 0 Å². The quantitative estimate of drug-likeness (QED) is 0.714. The number of likely N-dealkylation sites (tertiary alicyclic amines) is 1. The summed E-state index contributed by atoms with van der Waals surface area (Å²) in [4.78, 5) is 16.4. The Kier molecular flexibility index (Phi) is 5.60. The minimum Gasteiger partial charge on any atom is -0.338 e. The first-order valence-corrected chi connectivity index (χ1v) is 7.32. The van der Waals surface area contributed by atoms with Crippen molar-refractivity contribution in [3.05, 3.63) is 11.6 Å². The second kappa shape index (κ2) is 6.56. The molecule has 19 heavy (non-hydrogen) atoms. The van der Waals surface area contributed by atoms with Crippen LogP contribution in [0.3, 0.4) is 0 Å². The van der Waals surface area contributed by atoms with Gasteiger partial charge in [-0.05, 0) is 54.0 Å². The topological polar surface area (TPSA) is 23.6 Å². The fourth-order valence-corrected chi connectivity index (χ4v) is 2.66. The summed E-state index contributed by atoms with van der Waals surface area (Å²) in [5.74, 6) is 0.804. The van der Waals surface area contributed by atoms with Crippen molar-refractivity contribution in [1.29, 1.82) is 0 Å². The first-order valence-electron chi connectivity index (χ1n) is 7.32. The second-order valence-corrected chi connectivity index (χ2v) is 7.08. The molecule has 1 rings (SSSR count). The lowest BCUT2D eigenvalue weighted by atomic mass is 10.1. The second-order valence-electron chi connectivity index (χ2n) is 7.08. The monoisotopic (exact) mass is 266 g/mol. The molecule has 0 radical (unpaired) electrons. The van der Waals surface area contributed by atoms with Crippen LogP contribution in [0.15, 0.2) is 11.6 Å². The van der Waals surface area contributed by atoms with Crippen LogP contribution in [0, 0.1) is 5.92 Å². The predicted molar refractivity (Wildman–Crippen MR) is 81.1 cm³/mol. The van der Waals surface area contributed by atoms with Crippen LogP contribution in [-0.2, 0) is 4.79 Å². The maximum atomic E-state index is 12.0. The van der Waals surface area contributed by atoms with Crippen molar-refractivity contribution in [3.8, 4) is 0 Å². The summed E-state index contributed by atoms with van der Waals surface area (Å²) in [7, 11) is 2.16. The highest BCUT2D eigenvalue weighted by Gasteiger charge is 2.36. The van der Waals surface area contributed by atoms with E-state index >= 15 is 0 Å². The van der Waals surface area contributed by atoms with Gasteiger partial charge in [-0.1, -0.05) is 11.6 Å². The highest BCUT2D eigenvalue weighted by molar-refractivity contribution is 5.79. The number of amides is 1. The Hall–Kier alpha value is -0.830. The largest absolute Gasteiger partial charge is 0.338 e. The number of allylic oxidation sites excluding steroid dienone is 1. The molecule has 3 heteroatoms. The Morgan fingerprint density at radius 2 is 2.05 bits per heavy atom. The van der Waals surface area contributed by atoms with E-state index in [1.165, 1.54) is 5.57 Å². The fourth-order valence-electron chi connectivity index (χ4n) is 2.66. The van der Waals surface area contributed by atoms with Gasteiger partial charge in [0, 0.05) is 31.6 Å². The van der Waals surface area contributed by atoms with E-state index in [4.69, 9.17) is 0 Å². The van der Waals surface area contributed by atoms with Crippen LogP contribution in [0.25, 0.3) is 0 Å². The van der Waals surface area contributed by atoms with E-state index in [0.717, 1.165) is 26.1 Å². The molecule has 3 nitrogen and oxygen atoms in total. The maximum Gasteiger partial charge on any atom is 0.223 e. The molecule has 0 N–H and O–H groups in total. The van der Waals surface area contributed by atoms with E-state index in [-0.39, 0.29) is 5.54 Å². The highest BCUT2D eigenvalue weighted by Crippen LogP contribution is 2.26. The lowest BCUT2D eigenvalue weighted by Crippen LogP contribution is -2.42. The highest BCUT2D eigenvalue weighted by atomic mass is 16.2. The average Bonchev–Trinajstić information content (AvgIpc) is 2.58. The van der Waals surface area contributed by atoms with E-state index in [1.807, 2.05) is 4.90 Å². The summed E-state index contributed by atoms with van der Waals surface area (Å²) in [5.41, 5.74) is 1.34. The van der Waals surface area contributed by atoms with Crippen molar-refractivity contribution in [2.75, 3.05) is 26.7 Å². The standard InChI is InChI=1S/C16H30N2O/c1-13(2)8-7-9-17(6)11-14-10-15(19)18(12-14)16(3,4)5/h8,14H,7,9-12H2,1-6H3. The van der Waals surface area contributed by atoms with Crippen LogP contribution in [0.4, 0.5) is 0 Å². The van der Waals surface area contributed by atoms with Crippen LogP contribution in [0.1, 0.15) is 47.5 Å². The third-order valence-corrected chi connectivity index (χ3v) is 3.65. The lowest BCUT2D eigenvalue weighted by molar-refractivity contribution is -0.131. The van der Waals surface area contributed by atoms with Crippen LogP contribution in [0.5, 0.6) is 0 Å². The van der Waals surface area contributed by atoms with Crippen LogP contribution in [-0.4, -0.2) is 47.9 Å². The molecule has 1 unspecified atom stereocenters. The number of carbonyl (C=O) groups is 1. The maximum absolute atomic E-state index is 12.0. The molecule has 1 aliphatic heterocycles. The summed E-state index contributed by atoms with van der Waals surface area (Å²) in [5, 5.41) is 0. The molecule has 1 atom stereocenters. The molecule has 1 saturated heterocycles. The fraction of sp³-hybridized carbons (Fsp3) is 0.812. The zero-order valence-electron chi connectivity index (χ0n) is 13.5. The van der Waals surface area contributed by atoms with Gasteiger partial charge in [-0.2, -0.15) is 0 Å². The molecule has 0 aliphatic carbocycles. The smallest absolute Gasteiger partial charge is 0.223 e. The Balaban J connectivity index is 2.39. The first-order chi connectivity index (χ1) is 8.70. The van der Waals surface area contributed by atoms with E-state index in [0.29, 0.717) is 18.2 Å². The molecular formula is C16H30N2O. The summed E-state index contributed by atoms with van der Waals surface area (Å²) >= 11 is 0. The Morgan fingerprint density at radius 1 is 1.42 bits per heavy atom. The molecule has 1 heterocycles. The Bertz CT molecular complexity index is 337. The molecule has 0 spiro atoms. The first kappa shape index (κ1) is 16.2. The number of carbonyl (C=O) groups excluding carboxylic acids is 1. The van der Waals surface area contributed by atoms with Crippen LogP contribution in [0.2, 0.25) is 0 Å². The van der Waals surface area contributed by atoms with Gasteiger partial charge in [-0.25, -0.2) is 0 Å². The molecule has 1 fully saturated rings. The molecule has 0 aromatic heterocycles. The van der Waals surface area contributed by atoms with E-state index in [2.05, 4.69) is 52.6 Å². The summed E-state index contributed by atoms with van der Waals surface area (Å²) in [6, 6.07) is 0. The van der Waals surface area contributed by atoms with Gasteiger partial charge in [0.15, 0.2) is 0 Å². The van der Waals surface area contributed by atoms with Gasteiger partial charge >= 0.3 is 0 Å². The van der Waals surface area contributed by atoms with Gasteiger partial charge in [0.25, 0.3) is 0 Å². The van der Waals surface area contributed by atoms with Gasteiger partial charge in [-0.15, -0.1) is 0 Å². The van der Waals surface area contributed by atoms with E-state index in [1.54, 1.807) is 0 Å². The SMILES string of the molecule is CC(C)=CCCN(C)CC1CC(=O)N(C(C)(C)C)C1. The van der Waals surface area contributed by atoms with Gasteiger partial charge in [0.05, 0.1) is 0 Å². The van der Waals surface area contributed by atoms with Crippen molar-refractivity contribution in [2.45, 2.75) is 53.0 Å². The molecule has 0 saturated carbocycles. The number of hydrogen-bond acceptors (Lipinski definition) is 2. The number of hydrogen-bond donors (Lipinski definition) is 0. The van der Waals surface area contributed by atoms with E-state index in [9.17, 15) is 4.79 Å². The number of rotatable bonds is 5. The third-order valence-electron chi connectivity index (χ3n) is 3.65. The third kappa shape index (κ3) is 5.35. The molecular weight excluding hydrogens is 236 g/mol. The Labute approximate surface area is 118 Å².